The number of nitrogens with zero attached hydrogens (tertiary/aromatic N) is 2. The number of hydrogen-bond acceptors (Lipinski definition) is 3. The van der Waals surface area contributed by atoms with Crippen LogP contribution in [0.5, 0.6) is 0 Å². The van der Waals surface area contributed by atoms with Gasteiger partial charge < -0.3 is 15.2 Å². The van der Waals surface area contributed by atoms with Crippen molar-refractivity contribution in [3.8, 4) is 0 Å². The molecular weight excluding hydrogens is 423 g/mol. The van der Waals surface area contributed by atoms with Crippen molar-refractivity contribution in [3.63, 3.8) is 0 Å². The Morgan fingerprint density at radius 2 is 2.09 bits per heavy atom. The van der Waals surface area contributed by atoms with Crippen LogP contribution >= 0.6 is 35.3 Å². The molecule has 0 saturated carbocycles. The molecule has 0 amide bonds. The Bertz CT molecular complexity index is 640. The van der Waals surface area contributed by atoms with Gasteiger partial charge in [-0.25, -0.2) is 0 Å². The average molecular weight is 446 g/mol. The molecule has 7 heteroatoms. The molecule has 126 valence electrons. The zero-order valence-corrected chi connectivity index (χ0v) is 16.3. The molecule has 0 fully saturated rings. The molecule has 0 spiro atoms. The summed E-state index contributed by atoms with van der Waals surface area (Å²) in [6.07, 6.45) is 3.77. The molecule has 0 aliphatic carbocycles. The van der Waals surface area contributed by atoms with E-state index < -0.39 is 0 Å². The fourth-order valence-corrected chi connectivity index (χ4v) is 2.71. The van der Waals surface area contributed by atoms with E-state index in [-0.39, 0.29) is 29.5 Å². The van der Waals surface area contributed by atoms with Gasteiger partial charge in [-0.15, -0.1) is 35.3 Å². The van der Waals surface area contributed by atoms with Crippen LogP contribution in [0, 0.1) is 0 Å². The summed E-state index contributed by atoms with van der Waals surface area (Å²) in [6.45, 7) is 2.38. The van der Waals surface area contributed by atoms with Gasteiger partial charge in [0.1, 0.15) is 0 Å². The number of rotatable bonds is 7. The molecule has 2 rings (SSSR count). The quantitative estimate of drug-likeness (QED) is 0.298. The number of guanidine groups is 1. The molecule has 0 atom stereocenters. The van der Waals surface area contributed by atoms with Crippen molar-refractivity contribution < 1.29 is 0 Å². The van der Waals surface area contributed by atoms with Gasteiger partial charge >= 0.3 is 0 Å². The molecule has 23 heavy (non-hydrogen) atoms. The van der Waals surface area contributed by atoms with Crippen LogP contribution in [-0.4, -0.2) is 24.1 Å². The number of nitrogens with one attached hydrogen (secondary N) is 2. The summed E-state index contributed by atoms with van der Waals surface area (Å²) in [5.74, 6) is 0.810. The van der Waals surface area contributed by atoms with E-state index in [9.17, 15) is 4.79 Å². The van der Waals surface area contributed by atoms with E-state index in [0.717, 1.165) is 38.4 Å². The molecule has 0 bridgehead atoms. The monoisotopic (exact) mass is 446 g/mol. The molecule has 0 aromatic carbocycles. The maximum absolute atomic E-state index is 11.6. The summed E-state index contributed by atoms with van der Waals surface area (Å²) in [5.41, 5.74) is 0.0592. The van der Waals surface area contributed by atoms with Gasteiger partial charge in [-0.3, -0.25) is 9.79 Å². The maximum atomic E-state index is 11.6. The predicted octanol–water partition coefficient (Wildman–Crippen LogP) is 2.67. The van der Waals surface area contributed by atoms with E-state index in [0.29, 0.717) is 0 Å². The van der Waals surface area contributed by atoms with Crippen LogP contribution in [0.1, 0.15) is 17.7 Å². The van der Waals surface area contributed by atoms with E-state index in [1.165, 1.54) is 4.88 Å². The molecular formula is C16H23IN4OS. The first-order valence-corrected chi connectivity index (χ1v) is 8.30. The van der Waals surface area contributed by atoms with Crippen LogP contribution < -0.4 is 16.2 Å². The Kier molecular flexibility index (Phi) is 9.61. The van der Waals surface area contributed by atoms with E-state index in [1.54, 1.807) is 35.1 Å². The fraction of sp³-hybridized carbons (Fsp3) is 0.375. The van der Waals surface area contributed by atoms with Gasteiger partial charge in [-0.2, -0.15) is 0 Å². The Balaban J connectivity index is 0.00000264. The lowest BCUT2D eigenvalue weighted by molar-refractivity contribution is 0.585. The second kappa shape index (κ2) is 11.2. The molecule has 0 aliphatic heterocycles. The Morgan fingerprint density at radius 1 is 1.22 bits per heavy atom. The van der Waals surface area contributed by atoms with Crippen LogP contribution in [0.3, 0.4) is 0 Å². The lowest BCUT2D eigenvalue weighted by atomic mass is 10.3. The number of aryl methyl sites for hydroxylation is 1. The largest absolute Gasteiger partial charge is 0.356 e. The summed E-state index contributed by atoms with van der Waals surface area (Å²) in [5, 5.41) is 8.64. The standard InChI is InChI=1S/C16H22N4OS.HI/c1-17-16(19-13-14-7-6-12-22-14)18-9-3-5-11-20-10-4-2-8-15(20)21;/h2,4,6-8,10,12H,3,5,9,11,13H2,1H3,(H2,17,18,19);1H. The van der Waals surface area contributed by atoms with Crippen molar-refractivity contribution in [1.29, 1.82) is 0 Å². The lowest BCUT2D eigenvalue weighted by Gasteiger charge is -2.11. The van der Waals surface area contributed by atoms with Crippen LogP contribution in [-0.2, 0) is 13.1 Å². The summed E-state index contributed by atoms with van der Waals surface area (Å²) >= 11 is 1.73. The van der Waals surface area contributed by atoms with Crippen LogP contribution in [0.25, 0.3) is 0 Å². The van der Waals surface area contributed by atoms with Gasteiger partial charge in [0.15, 0.2) is 5.96 Å². The first-order valence-electron chi connectivity index (χ1n) is 7.42. The van der Waals surface area contributed by atoms with E-state index in [4.69, 9.17) is 0 Å². The number of thiophene rings is 1. The molecule has 2 aromatic heterocycles. The Hall–Kier alpha value is -1.35. The first-order chi connectivity index (χ1) is 10.8. The summed E-state index contributed by atoms with van der Waals surface area (Å²) in [4.78, 5) is 17.0. The van der Waals surface area contributed by atoms with Gasteiger partial charge in [0.05, 0.1) is 6.54 Å². The van der Waals surface area contributed by atoms with Gasteiger partial charge in [0.25, 0.3) is 0 Å². The molecule has 0 radical (unpaired) electrons. The van der Waals surface area contributed by atoms with Crippen molar-refractivity contribution in [2.24, 2.45) is 4.99 Å². The Labute approximate surface area is 157 Å². The molecule has 2 aromatic rings. The second-order valence-corrected chi connectivity index (χ2v) is 5.90. The van der Waals surface area contributed by atoms with Crippen LogP contribution in [0.15, 0.2) is 51.7 Å². The molecule has 5 nitrogen and oxygen atoms in total. The minimum atomic E-state index is 0. The van der Waals surface area contributed by atoms with Gasteiger partial charge in [0, 0.05) is 37.3 Å². The highest BCUT2D eigenvalue weighted by Crippen LogP contribution is 2.07. The number of hydrogen-bond donors (Lipinski definition) is 2. The highest BCUT2D eigenvalue weighted by molar-refractivity contribution is 14.0. The highest BCUT2D eigenvalue weighted by Gasteiger charge is 1.99. The fourth-order valence-electron chi connectivity index (χ4n) is 2.06. The minimum Gasteiger partial charge on any atom is -0.356 e. The zero-order valence-electron chi connectivity index (χ0n) is 13.2. The third-order valence-electron chi connectivity index (χ3n) is 3.25. The van der Waals surface area contributed by atoms with Crippen molar-refractivity contribution >= 4 is 41.3 Å². The molecule has 0 unspecified atom stereocenters. The molecule has 0 saturated heterocycles. The molecule has 2 N–H and O–H groups in total. The summed E-state index contributed by atoms with van der Waals surface area (Å²) in [6, 6.07) is 9.39. The van der Waals surface area contributed by atoms with Crippen molar-refractivity contribution in [2.75, 3.05) is 13.6 Å². The number of aromatic nitrogens is 1. The summed E-state index contributed by atoms with van der Waals surface area (Å²) in [7, 11) is 1.77. The third-order valence-corrected chi connectivity index (χ3v) is 4.13. The van der Waals surface area contributed by atoms with E-state index in [1.807, 2.05) is 18.3 Å². The van der Waals surface area contributed by atoms with Crippen LogP contribution in [0.4, 0.5) is 0 Å². The topological polar surface area (TPSA) is 58.4 Å². The normalized spacial score (nSPS) is 10.9. The predicted molar refractivity (Wildman–Crippen MR) is 108 cm³/mol. The summed E-state index contributed by atoms with van der Waals surface area (Å²) < 4.78 is 1.74. The molecule has 2 heterocycles. The van der Waals surface area contributed by atoms with Crippen molar-refractivity contribution in [3.05, 3.63) is 57.1 Å². The maximum Gasteiger partial charge on any atom is 0.250 e. The minimum absolute atomic E-state index is 0. The average Bonchev–Trinajstić information content (AvgIpc) is 3.05. The smallest absolute Gasteiger partial charge is 0.250 e. The van der Waals surface area contributed by atoms with Gasteiger partial charge in [0.2, 0.25) is 5.56 Å². The van der Waals surface area contributed by atoms with Crippen molar-refractivity contribution in [2.45, 2.75) is 25.9 Å². The first kappa shape index (κ1) is 19.7. The van der Waals surface area contributed by atoms with Gasteiger partial charge in [-0.1, -0.05) is 12.1 Å². The number of halogens is 1. The number of aliphatic imine (C=N–C) groups is 1. The third kappa shape index (κ3) is 7.17. The zero-order chi connectivity index (χ0) is 15.6. The number of pyridine rings is 1. The highest BCUT2D eigenvalue weighted by atomic mass is 127. The number of unbranched alkanes of at least 4 members (excludes halogenated alkanes) is 1. The van der Waals surface area contributed by atoms with Crippen molar-refractivity contribution in [1.82, 2.24) is 15.2 Å². The SMILES string of the molecule is CN=C(NCCCCn1ccccc1=O)NCc1cccs1.I. The van der Waals surface area contributed by atoms with E-state index in [2.05, 4.69) is 27.1 Å². The van der Waals surface area contributed by atoms with E-state index >= 15 is 0 Å². The van der Waals surface area contributed by atoms with Crippen LogP contribution in [0.2, 0.25) is 0 Å². The second-order valence-electron chi connectivity index (χ2n) is 4.87. The molecule has 0 aliphatic rings. The van der Waals surface area contributed by atoms with Gasteiger partial charge in [-0.05, 0) is 30.4 Å². The lowest BCUT2D eigenvalue weighted by Crippen LogP contribution is -2.37. The Morgan fingerprint density at radius 3 is 2.78 bits per heavy atom.